The van der Waals surface area contributed by atoms with Crippen LogP contribution in [0.3, 0.4) is 0 Å². The third-order valence-corrected chi connectivity index (χ3v) is 11.6. The highest BCUT2D eigenvalue weighted by Crippen LogP contribution is 2.40. The third-order valence-electron chi connectivity index (χ3n) is 11.6. The van der Waals surface area contributed by atoms with Gasteiger partial charge in [-0.3, -0.25) is 0 Å². The molecule has 0 atom stereocenters. The zero-order chi connectivity index (χ0) is 37.0. The summed E-state index contributed by atoms with van der Waals surface area (Å²) in [7, 11) is 0. The fourth-order valence-corrected chi connectivity index (χ4v) is 8.74. The summed E-state index contributed by atoms with van der Waals surface area (Å²) in [5.74, 6) is 0. The van der Waals surface area contributed by atoms with Crippen LogP contribution in [0.2, 0.25) is 0 Å². The Bertz CT molecular complexity index is 3260. The first-order valence-electron chi connectivity index (χ1n) is 19.4. The van der Waals surface area contributed by atoms with Crippen molar-refractivity contribution in [2.75, 3.05) is 0 Å². The molecule has 0 radical (unpaired) electrons. The highest BCUT2D eigenvalue weighted by Gasteiger charge is 2.13. The van der Waals surface area contributed by atoms with Crippen molar-refractivity contribution < 1.29 is 0 Å². The van der Waals surface area contributed by atoms with Crippen LogP contribution in [-0.2, 0) is 0 Å². The molecule has 0 heterocycles. The molecule has 56 heavy (non-hydrogen) atoms. The van der Waals surface area contributed by atoms with Crippen LogP contribution < -0.4 is 0 Å². The lowest BCUT2D eigenvalue weighted by atomic mass is 9.89. The molecule has 260 valence electrons. The lowest BCUT2D eigenvalue weighted by Gasteiger charge is -2.14. The van der Waals surface area contributed by atoms with Gasteiger partial charge in [0, 0.05) is 0 Å². The Morgan fingerprint density at radius 2 is 0.536 bits per heavy atom. The summed E-state index contributed by atoms with van der Waals surface area (Å²) in [4.78, 5) is 0. The quantitative estimate of drug-likeness (QED) is 0.156. The van der Waals surface area contributed by atoms with Crippen LogP contribution in [0.1, 0.15) is 0 Å². The number of fused-ring (bicyclic) bond motifs is 7. The minimum atomic E-state index is 1.21. The van der Waals surface area contributed by atoms with Crippen molar-refractivity contribution in [3.05, 3.63) is 218 Å². The second-order valence-electron chi connectivity index (χ2n) is 14.9. The second kappa shape index (κ2) is 13.2. The van der Waals surface area contributed by atoms with Crippen molar-refractivity contribution in [1.82, 2.24) is 0 Å². The summed E-state index contributed by atoms with van der Waals surface area (Å²) in [6.07, 6.45) is 0. The van der Waals surface area contributed by atoms with E-state index < -0.39 is 0 Å². The summed E-state index contributed by atoms with van der Waals surface area (Å²) in [6.45, 7) is 0. The van der Waals surface area contributed by atoms with E-state index in [2.05, 4.69) is 218 Å². The first-order chi connectivity index (χ1) is 27.7. The topological polar surface area (TPSA) is 0 Å². The molecule has 11 rings (SSSR count). The van der Waals surface area contributed by atoms with Gasteiger partial charge in [-0.1, -0.05) is 182 Å². The lowest BCUT2D eigenvalue weighted by molar-refractivity contribution is 1.62. The van der Waals surface area contributed by atoms with Gasteiger partial charge >= 0.3 is 0 Å². The van der Waals surface area contributed by atoms with E-state index in [1.807, 2.05) is 0 Å². The molecule has 0 unspecified atom stereocenters. The average Bonchev–Trinajstić information content (AvgIpc) is 3.28. The Hall–Kier alpha value is -7.28. The maximum atomic E-state index is 2.37. The van der Waals surface area contributed by atoms with E-state index in [1.165, 1.54) is 109 Å². The molecule has 0 spiro atoms. The number of rotatable bonds is 5. The summed E-state index contributed by atoms with van der Waals surface area (Å²) in [5, 5.41) is 12.7. The Labute approximate surface area is 326 Å². The van der Waals surface area contributed by atoms with Gasteiger partial charge in [-0.2, -0.15) is 0 Å². The maximum absolute atomic E-state index is 2.37. The fourth-order valence-electron chi connectivity index (χ4n) is 8.74. The van der Waals surface area contributed by atoms with Gasteiger partial charge in [0.05, 0.1) is 0 Å². The molecule has 11 aromatic carbocycles. The molecule has 0 fully saturated rings. The summed E-state index contributed by atoms with van der Waals surface area (Å²) < 4.78 is 0. The monoisotopic (exact) mass is 708 g/mol. The van der Waals surface area contributed by atoms with Gasteiger partial charge in [0.25, 0.3) is 0 Å². The molecule has 0 aliphatic heterocycles. The number of hydrogen-bond acceptors (Lipinski definition) is 0. The SMILES string of the molecule is c1ccc(-c2ccc3c(c2)c(-c2ccc(-c4ccc5cc(-c6cc7ccccc7c7ccc(-c8ccccc8)cc67)ccc5c4)cc2)cc2ccccc23)cc1. The first-order valence-corrected chi connectivity index (χ1v) is 19.4. The molecule has 0 heteroatoms. The standard InChI is InChI=1S/C56H36/c1-3-11-37(12-4-1)44-27-29-51-49-17-9-7-15-46(49)35-53(55(51)33-44)40-21-19-39(20-22-40)41-23-24-43-32-48(26-25-42(43)31-41)54-36-47-16-8-10-18-50(47)52-30-28-45(34-56(52)54)38-13-5-2-6-14-38/h1-36H. The molecule has 0 saturated carbocycles. The van der Waals surface area contributed by atoms with Crippen molar-refractivity contribution in [2.45, 2.75) is 0 Å². The molecular weight excluding hydrogens is 673 g/mol. The molecule has 0 N–H and O–H groups in total. The summed E-state index contributed by atoms with van der Waals surface area (Å²) >= 11 is 0. The number of hydrogen-bond donors (Lipinski definition) is 0. The zero-order valence-electron chi connectivity index (χ0n) is 30.8. The van der Waals surface area contributed by atoms with E-state index in [-0.39, 0.29) is 0 Å². The molecule has 0 aliphatic rings. The van der Waals surface area contributed by atoms with Crippen LogP contribution in [0.5, 0.6) is 0 Å². The number of benzene rings is 11. The van der Waals surface area contributed by atoms with E-state index in [1.54, 1.807) is 0 Å². The van der Waals surface area contributed by atoms with Gasteiger partial charge in [0.15, 0.2) is 0 Å². The summed E-state index contributed by atoms with van der Waals surface area (Å²) in [5.41, 5.74) is 12.3. The van der Waals surface area contributed by atoms with Crippen molar-refractivity contribution >= 4 is 53.9 Å². The van der Waals surface area contributed by atoms with Gasteiger partial charge in [0.1, 0.15) is 0 Å². The molecule has 0 bridgehead atoms. The molecule has 11 aromatic rings. The molecule has 0 amide bonds. The van der Waals surface area contributed by atoms with Crippen molar-refractivity contribution in [1.29, 1.82) is 0 Å². The third kappa shape index (κ3) is 5.54. The molecule has 0 aliphatic carbocycles. The minimum absolute atomic E-state index is 1.21. The van der Waals surface area contributed by atoms with Crippen LogP contribution in [0.15, 0.2) is 218 Å². The predicted molar refractivity (Wildman–Crippen MR) is 241 cm³/mol. The lowest BCUT2D eigenvalue weighted by Crippen LogP contribution is -1.88. The normalized spacial score (nSPS) is 11.6. The van der Waals surface area contributed by atoms with E-state index in [0.29, 0.717) is 0 Å². The van der Waals surface area contributed by atoms with Crippen LogP contribution in [-0.4, -0.2) is 0 Å². The fraction of sp³-hybridized carbons (Fsp3) is 0. The Morgan fingerprint density at radius 1 is 0.161 bits per heavy atom. The van der Waals surface area contributed by atoms with Crippen LogP contribution in [0, 0.1) is 0 Å². The maximum Gasteiger partial charge on any atom is -0.00928 e. The van der Waals surface area contributed by atoms with Gasteiger partial charge in [-0.25, -0.2) is 0 Å². The predicted octanol–water partition coefficient (Wildman–Crippen LogP) is 15.8. The molecule has 0 aromatic heterocycles. The van der Waals surface area contributed by atoms with Gasteiger partial charge < -0.3 is 0 Å². The first kappa shape index (κ1) is 32.2. The molecule has 0 nitrogen and oxygen atoms in total. The average molecular weight is 709 g/mol. The molecular formula is C56H36. The molecule has 0 saturated heterocycles. The zero-order valence-corrected chi connectivity index (χ0v) is 30.8. The summed E-state index contributed by atoms with van der Waals surface area (Å²) in [6, 6.07) is 80.3. The van der Waals surface area contributed by atoms with Crippen LogP contribution >= 0.6 is 0 Å². The van der Waals surface area contributed by atoms with Crippen LogP contribution in [0.25, 0.3) is 109 Å². The van der Waals surface area contributed by atoms with Crippen molar-refractivity contribution in [2.24, 2.45) is 0 Å². The second-order valence-corrected chi connectivity index (χ2v) is 14.9. The van der Waals surface area contributed by atoms with Gasteiger partial charge in [0.2, 0.25) is 0 Å². The Morgan fingerprint density at radius 3 is 1.09 bits per heavy atom. The van der Waals surface area contributed by atoms with Gasteiger partial charge in [-0.15, -0.1) is 0 Å². The Kier molecular flexibility index (Phi) is 7.60. The van der Waals surface area contributed by atoms with Crippen molar-refractivity contribution in [3.8, 4) is 55.6 Å². The highest BCUT2D eigenvalue weighted by atomic mass is 14.2. The van der Waals surface area contributed by atoms with E-state index in [9.17, 15) is 0 Å². The smallest absolute Gasteiger partial charge is 0.00928 e. The highest BCUT2D eigenvalue weighted by molar-refractivity contribution is 6.16. The van der Waals surface area contributed by atoms with Gasteiger partial charge in [-0.05, 0) is 146 Å². The minimum Gasteiger partial charge on any atom is -0.0622 e. The largest absolute Gasteiger partial charge is 0.0622 e. The van der Waals surface area contributed by atoms with E-state index in [0.717, 1.165) is 0 Å². The Balaban J connectivity index is 0.972. The van der Waals surface area contributed by atoms with Crippen molar-refractivity contribution in [3.63, 3.8) is 0 Å². The van der Waals surface area contributed by atoms with E-state index >= 15 is 0 Å². The van der Waals surface area contributed by atoms with E-state index in [4.69, 9.17) is 0 Å². The van der Waals surface area contributed by atoms with Crippen LogP contribution in [0.4, 0.5) is 0 Å².